The molecule has 1 aliphatic heterocycles. The maximum atomic E-state index is 12.4. The number of H-pyrrole nitrogens is 1. The molecule has 26 heavy (non-hydrogen) atoms. The van der Waals surface area contributed by atoms with Gasteiger partial charge in [-0.1, -0.05) is 23.7 Å². The van der Waals surface area contributed by atoms with Crippen LogP contribution in [0.2, 0.25) is 5.02 Å². The zero-order chi connectivity index (χ0) is 18.1. The molecule has 1 atom stereocenters. The molecule has 1 saturated heterocycles. The standard InChI is InChI=1S/C19H23ClN4O2/c1-19(11-21-8-9-26-19)10-12-2-6-14(7-3-12)22-18(25)17-15(20)16(23-24-17)13-4-5-13/h2-3,6-7,13,21H,4-5,8-11H2,1H3,(H,22,25)(H,23,24)/t19-/m1/s1. The molecule has 138 valence electrons. The zero-order valence-electron chi connectivity index (χ0n) is 14.8. The first-order valence-electron chi connectivity index (χ1n) is 9.03. The molecule has 2 aromatic rings. The Morgan fingerprint density at radius 2 is 2.15 bits per heavy atom. The predicted molar refractivity (Wildman–Crippen MR) is 101 cm³/mol. The highest BCUT2D eigenvalue weighted by Crippen LogP contribution is 2.42. The Morgan fingerprint density at radius 3 is 2.81 bits per heavy atom. The fourth-order valence-corrected chi connectivity index (χ4v) is 3.67. The smallest absolute Gasteiger partial charge is 0.277 e. The molecular formula is C19H23ClN4O2. The van der Waals surface area contributed by atoms with Gasteiger partial charge in [0.1, 0.15) is 0 Å². The number of carbonyl (C=O) groups excluding carboxylic acids is 1. The molecule has 7 heteroatoms. The second-order valence-corrected chi connectivity index (χ2v) is 7.76. The van der Waals surface area contributed by atoms with Crippen molar-refractivity contribution in [2.45, 2.75) is 37.7 Å². The summed E-state index contributed by atoms with van der Waals surface area (Å²) in [5.41, 5.74) is 2.83. The first kappa shape index (κ1) is 17.5. The lowest BCUT2D eigenvalue weighted by atomic mass is 9.95. The maximum absolute atomic E-state index is 12.4. The number of hydrogen-bond acceptors (Lipinski definition) is 4. The largest absolute Gasteiger partial charge is 0.372 e. The van der Waals surface area contributed by atoms with Gasteiger partial charge in [0, 0.05) is 31.1 Å². The predicted octanol–water partition coefficient (Wildman–Crippen LogP) is 3.11. The van der Waals surface area contributed by atoms with Crippen molar-refractivity contribution in [3.8, 4) is 0 Å². The Balaban J connectivity index is 1.40. The Labute approximate surface area is 157 Å². The van der Waals surface area contributed by atoms with E-state index in [9.17, 15) is 4.79 Å². The monoisotopic (exact) mass is 374 g/mol. The highest BCUT2D eigenvalue weighted by atomic mass is 35.5. The van der Waals surface area contributed by atoms with Crippen LogP contribution in [0, 0.1) is 0 Å². The minimum Gasteiger partial charge on any atom is -0.372 e. The van der Waals surface area contributed by atoms with E-state index in [1.54, 1.807) is 0 Å². The third-order valence-corrected chi connectivity index (χ3v) is 5.33. The van der Waals surface area contributed by atoms with Gasteiger partial charge in [0.05, 0.1) is 22.9 Å². The number of carbonyl (C=O) groups is 1. The highest BCUT2D eigenvalue weighted by molar-refractivity contribution is 6.34. The maximum Gasteiger partial charge on any atom is 0.277 e. The number of halogens is 1. The van der Waals surface area contributed by atoms with Crippen LogP contribution in [0.5, 0.6) is 0 Å². The van der Waals surface area contributed by atoms with Crippen LogP contribution in [0.3, 0.4) is 0 Å². The van der Waals surface area contributed by atoms with Crippen molar-refractivity contribution in [1.29, 1.82) is 0 Å². The molecule has 6 nitrogen and oxygen atoms in total. The van der Waals surface area contributed by atoms with E-state index in [2.05, 4.69) is 27.8 Å². The molecule has 0 unspecified atom stereocenters. The molecule has 4 rings (SSSR count). The van der Waals surface area contributed by atoms with Gasteiger partial charge in [-0.3, -0.25) is 9.89 Å². The van der Waals surface area contributed by atoms with E-state index in [1.165, 1.54) is 5.56 Å². The molecule has 2 heterocycles. The van der Waals surface area contributed by atoms with Gasteiger partial charge in [0.2, 0.25) is 0 Å². The second-order valence-electron chi connectivity index (χ2n) is 7.38. The topological polar surface area (TPSA) is 79.0 Å². The zero-order valence-corrected chi connectivity index (χ0v) is 15.5. The van der Waals surface area contributed by atoms with Crippen molar-refractivity contribution in [2.75, 3.05) is 25.0 Å². The fraction of sp³-hybridized carbons (Fsp3) is 0.474. The van der Waals surface area contributed by atoms with Gasteiger partial charge >= 0.3 is 0 Å². The third-order valence-electron chi connectivity index (χ3n) is 4.95. The molecule has 1 aromatic carbocycles. The van der Waals surface area contributed by atoms with Gasteiger partial charge in [-0.25, -0.2) is 0 Å². The number of ether oxygens (including phenoxy) is 1. The van der Waals surface area contributed by atoms with Crippen LogP contribution >= 0.6 is 11.6 Å². The number of nitrogens with zero attached hydrogens (tertiary/aromatic N) is 1. The molecule has 1 aromatic heterocycles. The summed E-state index contributed by atoms with van der Waals surface area (Å²) >= 11 is 6.30. The quantitative estimate of drug-likeness (QED) is 0.751. The number of anilines is 1. The Hall–Kier alpha value is -1.89. The van der Waals surface area contributed by atoms with E-state index in [1.807, 2.05) is 24.3 Å². The Bertz CT molecular complexity index is 792. The third kappa shape index (κ3) is 3.77. The number of amides is 1. The number of aromatic nitrogens is 2. The molecule has 2 fully saturated rings. The van der Waals surface area contributed by atoms with E-state index in [-0.39, 0.29) is 17.2 Å². The van der Waals surface area contributed by atoms with Crippen molar-refractivity contribution in [1.82, 2.24) is 15.5 Å². The molecule has 1 saturated carbocycles. The molecule has 0 radical (unpaired) electrons. The SMILES string of the molecule is C[C@@]1(Cc2ccc(NC(=O)c3n[nH]c(C4CC4)c3Cl)cc2)CNCCO1. The minimum absolute atomic E-state index is 0.190. The molecule has 3 N–H and O–H groups in total. The van der Waals surface area contributed by atoms with E-state index in [0.717, 1.165) is 50.3 Å². The first-order valence-corrected chi connectivity index (χ1v) is 9.41. The lowest BCUT2D eigenvalue weighted by Gasteiger charge is -2.34. The summed E-state index contributed by atoms with van der Waals surface area (Å²) in [6, 6.07) is 7.83. The van der Waals surface area contributed by atoms with E-state index in [0.29, 0.717) is 10.9 Å². The minimum atomic E-state index is -0.294. The van der Waals surface area contributed by atoms with Gasteiger partial charge in [0.15, 0.2) is 5.69 Å². The summed E-state index contributed by atoms with van der Waals surface area (Å²) in [4.78, 5) is 12.4. The normalized spacial score (nSPS) is 23.0. The summed E-state index contributed by atoms with van der Waals surface area (Å²) in [5, 5.41) is 13.7. The van der Waals surface area contributed by atoms with Crippen molar-refractivity contribution in [3.63, 3.8) is 0 Å². The summed E-state index contributed by atoms with van der Waals surface area (Å²) < 4.78 is 5.90. The van der Waals surface area contributed by atoms with Crippen molar-refractivity contribution >= 4 is 23.2 Å². The number of morpholine rings is 1. The van der Waals surface area contributed by atoms with Crippen LogP contribution in [0.25, 0.3) is 0 Å². The van der Waals surface area contributed by atoms with Crippen LogP contribution in [-0.2, 0) is 11.2 Å². The average molecular weight is 375 g/mol. The molecule has 1 amide bonds. The van der Waals surface area contributed by atoms with Crippen molar-refractivity contribution in [2.24, 2.45) is 0 Å². The number of benzene rings is 1. The van der Waals surface area contributed by atoms with Gasteiger partial charge in [-0.2, -0.15) is 5.10 Å². The Morgan fingerprint density at radius 1 is 1.38 bits per heavy atom. The van der Waals surface area contributed by atoms with Gasteiger partial charge in [-0.05, 0) is 37.5 Å². The lowest BCUT2D eigenvalue weighted by molar-refractivity contribution is -0.0516. The number of nitrogens with one attached hydrogen (secondary N) is 3. The summed E-state index contributed by atoms with van der Waals surface area (Å²) in [6.45, 7) is 4.59. The van der Waals surface area contributed by atoms with E-state index >= 15 is 0 Å². The highest BCUT2D eigenvalue weighted by Gasteiger charge is 2.31. The number of hydrogen-bond donors (Lipinski definition) is 3. The summed E-state index contributed by atoms with van der Waals surface area (Å²) in [7, 11) is 0. The first-order chi connectivity index (χ1) is 12.5. The van der Waals surface area contributed by atoms with Gasteiger partial charge in [-0.15, -0.1) is 0 Å². The van der Waals surface area contributed by atoms with Gasteiger partial charge in [0.25, 0.3) is 5.91 Å². The van der Waals surface area contributed by atoms with Crippen LogP contribution in [0.4, 0.5) is 5.69 Å². The number of rotatable bonds is 5. The average Bonchev–Trinajstić information content (AvgIpc) is 3.39. The van der Waals surface area contributed by atoms with E-state index in [4.69, 9.17) is 16.3 Å². The summed E-state index contributed by atoms with van der Waals surface area (Å²) in [6.07, 6.45) is 3.02. The lowest BCUT2D eigenvalue weighted by Crippen LogP contribution is -2.48. The van der Waals surface area contributed by atoms with Gasteiger partial charge < -0.3 is 15.4 Å². The molecule has 0 spiro atoms. The van der Waals surface area contributed by atoms with Crippen LogP contribution < -0.4 is 10.6 Å². The number of aromatic amines is 1. The van der Waals surface area contributed by atoms with Crippen LogP contribution in [0.15, 0.2) is 24.3 Å². The van der Waals surface area contributed by atoms with Crippen LogP contribution in [-0.4, -0.2) is 41.4 Å². The summed E-state index contributed by atoms with van der Waals surface area (Å²) in [5.74, 6) is 0.131. The fourth-order valence-electron chi connectivity index (χ4n) is 3.35. The second kappa shape index (κ2) is 7.02. The van der Waals surface area contributed by atoms with Crippen molar-refractivity contribution in [3.05, 3.63) is 46.2 Å². The van der Waals surface area contributed by atoms with Crippen molar-refractivity contribution < 1.29 is 9.53 Å². The van der Waals surface area contributed by atoms with Crippen LogP contribution in [0.1, 0.15) is 47.4 Å². The molecular weight excluding hydrogens is 352 g/mol. The Kier molecular flexibility index (Phi) is 4.73. The molecule has 0 bridgehead atoms. The molecule has 1 aliphatic carbocycles. The molecule has 2 aliphatic rings. The van der Waals surface area contributed by atoms with E-state index < -0.39 is 0 Å².